The fourth-order valence-electron chi connectivity index (χ4n) is 3.26. The molecule has 2 aromatic heterocycles. The molecular weight excluding hydrogens is 354 g/mol. The number of fused-ring (bicyclic) bond motifs is 3. The number of nitrogens with one attached hydrogen (secondary N) is 1. The highest BCUT2D eigenvalue weighted by molar-refractivity contribution is 6.00. The number of nitrogens with zero attached hydrogens (tertiary/aromatic N) is 4. The SMILES string of the molecule is CCOC(=O)c1nnn2c1c(NC(C)Cc1ccccc1)nc1ccccc12. The lowest BCUT2D eigenvalue weighted by Gasteiger charge is -2.16. The Bertz CT molecular complexity index is 1120. The molecule has 0 saturated carbocycles. The van der Waals surface area contributed by atoms with Crippen LogP contribution in [0.15, 0.2) is 54.6 Å². The highest BCUT2D eigenvalue weighted by Crippen LogP contribution is 2.25. The number of hydrogen-bond acceptors (Lipinski definition) is 6. The molecular formula is C21H21N5O2. The number of anilines is 1. The molecule has 2 aromatic carbocycles. The molecule has 7 nitrogen and oxygen atoms in total. The van der Waals surface area contributed by atoms with Crippen LogP contribution in [0.1, 0.15) is 29.9 Å². The second kappa shape index (κ2) is 7.64. The van der Waals surface area contributed by atoms with E-state index in [4.69, 9.17) is 9.72 Å². The average molecular weight is 375 g/mol. The molecule has 1 N–H and O–H groups in total. The predicted octanol–water partition coefficient (Wildman–Crippen LogP) is 3.50. The maximum absolute atomic E-state index is 12.4. The molecule has 0 radical (unpaired) electrons. The summed E-state index contributed by atoms with van der Waals surface area (Å²) in [5.74, 6) is 0.0588. The summed E-state index contributed by atoms with van der Waals surface area (Å²) in [5, 5.41) is 11.7. The minimum absolute atomic E-state index is 0.0878. The highest BCUT2D eigenvalue weighted by Gasteiger charge is 2.22. The van der Waals surface area contributed by atoms with E-state index in [0.29, 0.717) is 11.3 Å². The molecule has 0 spiro atoms. The number of hydrogen-bond donors (Lipinski definition) is 1. The van der Waals surface area contributed by atoms with Gasteiger partial charge in [-0.3, -0.25) is 0 Å². The average Bonchev–Trinajstić information content (AvgIpc) is 3.15. The smallest absolute Gasteiger partial charge is 0.361 e. The van der Waals surface area contributed by atoms with Gasteiger partial charge in [-0.15, -0.1) is 5.10 Å². The first-order chi connectivity index (χ1) is 13.7. The van der Waals surface area contributed by atoms with Gasteiger partial charge in [0, 0.05) is 6.04 Å². The third kappa shape index (κ3) is 3.38. The summed E-state index contributed by atoms with van der Waals surface area (Å²) < 4.78 is 6.80. The Morgan fingerprint density at radius 3 is 2.68 bits per heavy atom. The minimum atomic E-state index is -0.506. The quantitative estimate of drug-likeness (QED) is 0.520. The van der Waals surface area contributed by atoms with Gasteiger partial charge in [-0.1, -0.05) is 47.7 Å². The van der Waals surface area contributed by atoms with Crippen LogP contribution in [0.25, 0.3) is 16.6 Å². The molecule has 0 bridgehead atoms. The van der Waals surface area contributed by atoms with Crippen LogP contribution < -0.4 is 5.32 Å². The van der Waals surface area contributed by atoms with Gasteiger partial charge in [0.1, 0.15) is 5.52 Å². The van der Waals surface area contributed by atoms with Crippen molar-refractivity contribution in [3.63, 3.8) is 0 Å². The predicted molar refractivity (Wildman–Crippen MR) is 107 cm³/mol. The van der Waals surface area contributed by atoms with Crippen molar-refractivity contribution in [1.29, 1.82) is 0 Å². The maximum Gasteiger partial charge on any atom is 0.361 e. The van der Waals surface area contributed by atoms with Crippen LogP contribution in [0.5, 0.6) is 0 Å². The topological polar surface area (TPSA) is 81.4 Å². The molecule has 28 heavy (non-hydrogen) atoms. The van der Waals surface area contributed by atoms with Crippen LogP contribution in [0.3, 0.4) is 0 Å². The van der Waals surface area contributed by atoms with E-state index in [9.17, 15) is 4.79 Å². The monoisotopic (exact) mass is 375 g/mol. The van der Waals surface area contributed by atoms with Gasteiger partial charge in [-0.25, -0.2) is 14.3 Å². The zero-order chi connectivity index (χ0) is 19.5. The molecule has 7 heteroatoms. The lowest BCUT2D eigenvalue weighted by atomic mass is 10.1. The summed E-state index contributed by atoms with van der Waals surface area (Å²) >= 11 is 0. The van der Waals surface area contributed by atoms with Crippen molar-refractivity contribution < 1.29 is 9.53 Å². The number of esters is 1. The van der Waals surface area contributed by atoms with Crippen molar-refractivity contribution in [3.05, 3.63) is 65.9 Å². The second-order valence-corrected chi connectivity index (χ2v) is 6.60. The Kier molecular flexibility index (Phi) is 4.89. The van der Waals surface area contributed by atoms with Crippen LogP contribution in [-0.4, -0.2) is 38.4 Å². The third-order valence-corrected chi connectivity index (χ3v) is 4.47. The van der Waals surface area contributed by atoms with Crippen LogP contribution in [0.2, 0.25) is 0 Å². The van der Waals surface area contributed by atoms with E-state index in [0.717, 1.165) is 17.5 Å². The summed E-state index contributed by atoms with van der Waals surface area (Å²) in [6.07, 6.45) is 0.817. The fraction of sp³-hybridized carbons (Fsp3) is 0.238. The molecule has 1 unspecified atom stereocenters. The summed E-state index contributed by atoms with van der Waals surface area (Å²) in [7, 11) is 0. The van der Waals surface area contributed by atoms with E-state index in [2.05, 4.69) is 34.7 Å². The normalized spacial score (nSPS) is 12.2. The minimum Gasteiger partial charge on any atom is -0.461 e. The van der Waals surface area contributed by atoms with Crippen molar-refractivity contribution in [2.24, 2.45) is 0 Å². The van der Waals surface area contributed by atoms with Gasteiger partial charge in [-0.2, -0.15) is 0 Å². The second-order valence-electron chi connectivity index (χ2n) is 6.60. The molecule has 1 atom stereocenters. The van der Waals surface area contributed by atoms with Gasteiger partial charge in [0.15, 0.2) is 5.82 Å². The molecule has 0 fully saturated rings. The van der Waals surface area contributed by atoms with Crippen molar-refractivity contribution in [3.8, 4) is 0 Å². The van der Waals surface area contributed by atoms with Crippen molar-refractivity contribution >= 4 is 28.3 Å². The molecule has 0 aliphatic carbocycles. The van der Waals surface area contributed by atoms with E-state index >= 15 is 0 Å². The Morgan fingerprint density at radius 1 is 1.14 bits per heavy atom. The molecule has 2 heterocycles. The van der Waals surface area contributed by atoms with E-state index in [1.54, 1.807) is 11.4 Å². The van der Waals surface area contributed by atoms with E-state index < -0.39 is 5.97 Å². The first kappa shape index (κ1) is 17.9. The molecule has 0 amide bonds. The Morgan fingerprint density at radius 2 is 1.89 bits per heavy atom. The molecule has 142 valence electrons. The van der Waals surface area contributed by atoms with Gasteiger partial charge in [0.05, 0.1) is 17.6 Å². The number of carbonyl (C=O) groups is 1. The van der Waals surface area contributed by atoms with Crippen LogP contribution in [0.4, 0.5) is 5.82 Å². The van der Waals surface area contributed by atoms with E-state index in [1.165, 1.54) is 5.56 Å². The van der Waals surface area contributed by atoms with Crippen LogP contribution in [-0.2, 0) is 11.2 Å². The summed E-state index contributed by atoms with van der Waals surface area (Å²) in [6.45, 7) is 4.11. The molecule has 0 aliphatic rings. The molecule has 0 saturated heterocycles. The number of benzene rings is 2. The summed E-state index contributed by atoms with van der Waals surface area (Å²) in [5.41, 5.74) is 3.45. The standard InChI is InChI=1S/C21H21N5O2/c1-3-28-21(27)18-19-20(22-14(2)13-15-9-5-4-6-10-15)23-16-11-7-8-12-17(16)26(19)25-24-18/h4-12,14H,3,13H2,1-2H3,(H,22,23). The van der Waals surface area contributed by atoms with Crippen LogP contribution >= 0.6 is 0 Å². The number of aromatic nitrogens is 4. The van der Waals surface area contributed by atoms with Gasteiger partial charge in [-0.05, 0) is 38.0 Å². The van der Waals surface area contributed by atoms with Crippen LogP contribution in [0, 0.1) is 0 Å². The van der Waals surface area contributed by atoms with Gasteiger partial charge in [0.2, 0.25) is 5.69 Å². The largest absolute Gasteiger partial charge is 0.461 e. The van der Waals surface area contributed by atoms with Crippen molar-refractivity contribution in [2.45, 2.75) is 26.3 Å². The lowest BCUT2D eigenvalue weighted by Crippen LogP contribution is -2.20. The zero-order valence-corrected chi connectivity index (χ0v) is 15.8. The number of para-hydroxylation sites is 2. The van der Waals surface area contributed by atoms with Crippen molar-refractivity contribution in [2.75, 3.05) is 11.9 Å². The number of rotatable bonds is 6. The molecule has 4 aromatic rings. The fourth-order valence-corrected chi connectivity index (χ4v) is 3.26. The van der Waals surface area contributed by atoms with E-state index in [1.807, 2.05) is 42.5 Å². The van der Waals surface area contributed by atoms with Gasteiger partial charge < -0.3 is 10.1 Å². The third-order valence-electron chi connectivity index (χ3n) is 4.47. The maximum atomic E-state index is 12.4. The highest BCUT2D eigenvalue weighted by atomic mass is 16.5. The summed E-state index contributed by atoms with van der Waals surface area (Å²) in [6, 6.07) is 17.9. The molecule has 4 rings (SSSR count). The Balaban J connectivity index is 1.78. The first-order valence-corrected chi connectivity index (χ1v) is 9.29. The first-order valence-electron chi connectivity index (χ1n) is 9.29. The molecule has 0 aliphatic heterocycles. The Labute approximate surface area is 162 Å². The van der Waals surface area contributed by atoms with Gasteiger partial charge in [0.25, 0.3) is 0 Å². The van der Waals surface area contributed by atoms with E-state index in [-0.39, 0.29) is 18.3 Å². The Hall–Kier alpha value is -3.48. The van der Waals surface area contributed by atoms with Gasteiger partial charge >= 0.3 is 5.97 Å². The lowest BCUT2D eigenvalue weighted by molar-refractivity contribution is 0.0521. The number of ether oxygens (including phenoxy) is 1. The van der Waals surface area contributed by atoms with Crippen molar-refractivity contribution in [1.82, 2.24) is 19.8 Å². The number of carbonyl (C=O) groups excluding carboxylic acids is 1. The summed E-state index contributed by atoms with van der Waals surface area (Å²) in [4.78, 5) is 17.1. The zero-order valence-electron chi connectivity index (χ0n) is 15.8.